The molecule has 1 heterocycles. The number of halogens is 5. The van der Waals surface area contributed by atoms with Crippen LogP contribution in [0.1, 0.15) is 25.0 Å². The van der Waals surface area contributed by atoms with Gasteiger partial charge >= 0.3 is 0 Å². The zero-order valence-electron chi connectivity index (χ0n) is 14.1. The Morgan fingerprint density at radius 1 is 0.731 bits per heavy atom. The van der Waals surface area contributed by atoms with E-state index >= 15 is 0 Å². The number of hydrogen-bond donors (Lipinski definition) is 0. The third kappa shape index (κ3) is 5.95. The molecule has 0 bridgehead atoms. The van der Waals surface area contributed by atoms with Gasteiger partial charge in [0.05, 0.1) is 0 Å². The van der Waals surface area contributed by atoms with Crippen LogP contribution in [0, 0.1) is 0 Å². The molecule has 0 amide bonds. The number of benzene rings is 2. The Labute approximate surface area is 162 Å². The molecule has 3 rings (SSSR count). The summed E-state index contributed by atoms with van der Waals surface area (Å²) in [5, 5.41) is 1.97. The summed E-state index contributed by atoms with van der Waals surface area (Å²) in [6.45, 7) is 1.80. The van der Waals surface area contributed by atoms with Crippen LogP contribution >= 0.6 is 27.3 Å². The summed E-state index contributed by atoms with van der Waals surface area (Å²) in [7, 11) is 0. The molecule has 0 radical (unpaired) electrons. The van der Waals surface area contributed by atoms with Gasteiger partial charge in [-0.25, -0.2) is 17.6 Å². The summed E-state index contributed by atoms with van der Waals surface area (Å²) in [6, 6.07) is 16.4. The zero-order valence-corrected chi connectivity index (χ0v) is 16.6. The summed E-state index contributed by atoms with van der Waals surface area (Å²) in [5.41, 5.74) is 1.08. The van der Waals surface area contributed by atoms with Crippen molar-refractivity contribution in [2.75, 3.05) is 0 Å². The third-order valence-electron chi connectivity index (χ3n) is 3.55. The maximum absolute atomic E-state index is 12.9. The first-order chi connectivity index (χ1) is 12.1. The van der Waals surface area contributed by atoms with Crippen LogP contribution in [0.4, 0.5) is 17.6 Å². The SMILES string of the molecule is CC(F)(F)c1ccc(-c2cccs2)cc1.CC(F)(F)c1ccc(Br)cc1. The highest BCUT2D eigenvalue weighted by Gasteiger charge is 2.24. The summed E-state index contributed by atoms with van der Waals surface area (Å²) < 4.78 is 51.8. The van der Waals surface area contributed by atoms with Crippen LogP contribution in [0.2, 0.25) is 0 Å². The fourth-order valence-corrected chi connectivity index (χ4v) is 3.11. The number of thiophene rings is 1. The number of alkyl halides is 4. The second kappa shape index (κ2) is 8.35. The van der Waals surface area contributed by atoms with E-state index in [0.29, 0.717) is 0 Å². The van der Waals surface area contributed by atoms with E-state index in [1.165, 1.54) is 24.3 Å². The molecule has 0 spiro atoms. The van der Waals surface area contributed by atoms with Gasteiger partial charge in [-0.15, -0.1) is 11.3 Å². The van der Waals surface area contributed by atoms with Crippen molar-refractivity contribution < 1.29 is 17.6 Å². The molecule has 2 aromatic carbocycles. The van der Waals surface area contributed by atoms with Crippen molar-refractivity contribution in [3.8, 4) is 10.4 Å². The van der Waals surface area contributed by atoms with E-state index in [2.05, 4.69) is 15.9 Å². The van der Waals surface area contributed by atoms with Crippen molar-refractivity contribution in [2.45, 2.75) is 25.7 Å². The van der Waals surface area contributed by atoms with E-state index < -0.39 is 11.8 Å². The minimum absolute atomic E-state index is 0.0423. The van der Waals surface area contributed by atoms with E-state index in [-0.39, 0.29) is 11.1 Å². The predicted octanol–water partition coefficient (Wildman–Crippen LogP) is 8.09. The molecule has 0 fully saturated rings. The van der Waals surface area contributed by atoms with Gasteiger partial charge in [0.2, 0.25) is 0 Å². The number of rotatable bonds is 3. The molecule has 0 aliphatic rings. The van der Waals surface area contributed by atoms with Gasteiger partial charge in [-0.3, -0.25) is 0 Å². The molecule has 3 aromatic rings. The molecule has 0 atom stereocenters. The first-order valence-electron chi connectivity index (χ1n) is 7.73. The quantitative estimate of drug-likeness (QED) is 0.358. The van der Waals surface area contributed by atoms with Gasteiger partial charge in [0.1, 0.15) is 0 Å². The van der Waals surface area contributed by atoms with Crippen molar-refractivity contribution in [1.82, 2.24) is 0 Å². The van der Waals surface area contributed by atoms with Gasteiger partial charge in [-0.1, -0.05) is 58.4 Å². The molecule has 1 aromatic heterocycles. The largest absolute Gasteiger partial charge is 0.270 e. The Hall–Kier alpha value is -1.66. The Balaban J connectivity index is 0.000000197. The lowest BCUT2D eigenvalue weighted by Crippen LogP contribution is -2.06. The Bertz CT molecular complexity index is 799. The van der Waals surface area contributed by atoms with Gasteiger partial charge in [-0.05, 0) is 29.1 Å². The lowest BCUT2D eigenvalue weighted by Gasteiger charge is -2.10. The second-order valence-electron chi connectivity index (χ2n) is 5.84. The third-order valence-corrected chi connectivity index (χ3v) is 5.00. The summed E-state index contributed by atoms with van der Waals surface area (Å²) in [5.74, 6) is -5.49. The smallest absolute Gasteiger partial charge is 0.202 e. The van der Waals surface area contributed by atoms with Gasteiger partial charge in [0.15, 0.2) is 0 Å². The van der Waals surface area contributed by atoms with E-state index in [1.54, 1.807) is 35.6 Å². The van der Waals surface area contributed by atoms with Crippen LogP contribution < -0.4 is 0 Å². The summed E-state index contributed by atoms with van der Waals surface area (Å²) in [4.78, 5) is 1.10. The highest BCUT2D eigenvalue weighted by Crippen LogP contribution is 2.30. The molecular weight excluding hydrogens is 428 g/mol. The maximum Gasteiger partial charge on any atom is 0.270 e. The van der Waals surface area contributed by atoms with Crippen LogP contribution in [0.25, 0.3) is 10.4 Å². The minimum atomic E-state index is -2.76. The molecule has 0 unspecified atom stereocenters. The molecule has 26 heavy (non-hydrogen) atoms. The minimum Gasteiger partial charge on any atom is -0.202 e. The first-order valence-corrected chi connectivity index (χ1v) is 9.41. The summed E-state index contributed by atoms with van der Waals surface area (Å²) in [6.07, 6.45) is 0. The average Bonchev–Trinajstić information content (AvgIpc) is 3.09. The van der Waals surface area contributed by atoms with Gasteiger partial charge in [0.25, 0.3) is 11.8 Å². The highest BCUT2D eigenvalue weighted by molar-refractivity contribution is 9.10. The van der Waals surface area contributed by atoms with Gasteiger partial charge in [0, 0.05) is 34.3 Å². The van der Waals surface area contributed by atoms with Crippen LogP contribution in [0.3, 0.4) is 0 Å². The molecule has 0 saturated carbocycles. The van der Waals surface area contributed by atoms with Gasteiger partial charge in [-0.2, -0.15) is 0 Å². The van der Waals surface area contributed by atoms with Crippen LogP contribution in [0.15, 0.2) is 70.5 Å². The summed E-state index contributed by atoms with van der Waals surface area (Å²) >= 11 is 4.77. The molecule has 138 valence electrons. The van der Waals surface area contributed by atoms with E-state index in [4.69, 9.17) is 0 Å². The lowest BCUT2D eigenvalue weighted by atomic mass is 10.1. The monoisotopic (exact) mass is 444 g/mol. The topological polar surface area (TPSA) is 0 Å². The standard InChI is InChI=1S/C12H10F2S.C8H7BrF2/c1-12(13,14)10-6-4-9(5-7-10)11-3-2-8-15-11;1-8(10,11)6-2-4-7(9)5-3-6/h2-8H,1H3;2-5H,1H3. The highest BCUT2D eigenvalue weighted by atomic mass is 79.9. The maximum atomic E-state index is 12.9. The van der Waals surface area contributed by atoms with E-state index in [0.717, 1.165) is 28.8 Å². The first kappa shape index (κ1) is 20.6. The second-order valence-corrected chi connectivity index (χ2v) is 7.70. The molecule has 0 aliphatic heterocycles. The van der Waals surface area contributed by atoms with E-state index in [1.807, 2.05) is 17.5 Å². The predicted molar refractivity (Wildman–Crippen MR) is 103 cm³/mol. The van der Waals surface area contributed by atoms with Crippen molar-refractivity contribution in [2.24, 2.45) is 0 Å². The van der Waals surface area contributed by atoms with Crippen LogP contribution in [-0.4, -0.2) is 0 Å². The lowest BCUT2D eigenvalue weighted by molar-refractivity contribution is 0.0168. The van der Waals surface area contributed by atoms with Crippen LogP contribution in [0.5, 0.6) is 0 Å². The van der Waals surface area contributed by atoms with Crippen LogP contribution in [-0.2, 0) is 11.8 Å². The average molecular weight is 445 g/mol. The van der Waals surface area contributed by atoms with Gasteiger partial charge < -0.3 is 0 Å². The van der Waals surface area contributed by atoms with Crippen molar-refractivity contribution in [1.29, 1.82) is 0 Å². The van der Waals surface area contributed by atoms with Crippen molar-refractivity contribution in [3.63, 3.8) is 0 Å². The zero-order chi connectivity index (χ0) is 19.4. The number of hydrogen-bond acceptors (Lipinski definition) is 1. The molecule has 0 N–H and O–H groups in total. The molecule has 0 saturated heterocycles. The Morgan fingerprint density at radius 3 is 1.58 bits per heavy atom. The Morgan fingerprint density at radius 2 is 1.19 bits per heavy atom. The fraction of sp³-hybridized carbons (Fsp3) is 0.200. The Kier molecular flexibility index (Phi) is 6.64. The van der Waals surface area contributed by atoms with Crippen molar-refractivity contribution >= 4 is 27.3 Å². The molecule has 6 heteroatoms. The fourth-order valence-electron chi connectivity index (χ4n) is 2.11. The molecule has 0 aliphatic carbocycles. The van der Waals surface area contributed by atoms with E-state index in [9.17, 15) is 17.6 Å². The normalized spacial score (nSPS) is 11.7. The molecular formula is C20H17BrF4S. The molecule has 0 nitrogen and oxygen atoms in total. The van der Waals surface area contributed by atoms with Crippen molar-refractivity contribution in [3.05, 3.63) is 81.6 Å².